The second-order valence-electron chi connectivity index (χ2n) is 5.03. The molecule has 5 heteroatoms. The highest BCUT2D eigenvalue weighted by Crippen LogP contribution is 2.23. The van der Waals surface area contributed by atoms with E-state index in [0.29, 0.717) is 5.92 Å². The summed E-state index contributed by atoms with van der Waals surface area (Å²) in [6.07, 6.45) is 2.82. The Kier molecular flexibility index (Phi) is 5.86. The minimum atomic E-state index is -0.104. The van der Waals surface area contributed by atoms with Gasteiger partial charge in [-0.1, -0.05) is 17.8 Å². The zero-order valence-electron chi connectivity index (χ0n) is 12.1. The fourth-order valence-corrected chi connectivity index (χ4v) is 3.21. The quantitative estimate of drug-likeness (QED) is 0.756. The van der Waals surface area contributed by atoms with Crippen LogP contribution in [-0.2, 0) is 9.53 Å². The summed E-state index contributed by atoms with van der Waals surface area (Å²) in [5.74, 6) is 0.681. The molecular weight excluding hydrogens is 272 g/mol. The zero-order chi connectivity index (χ0) is 14.4. The van der Waals surface area contributed by atoms with E-state index in [2.05, 4.69) is 4.98 Å². The number of pyridine rings is 1. The molecule has 0 unspecified atom stereocenters. The first-order valence-electron chi connectivity index (χ1n) is 7.15. The number of carbonyl (C=O) groups is 1. The Bertz CT molecular complexity index is 421. The van der Waals surface area contributed by atoms with E-state index >= 15 is 0 Å². The number of nitrogens with zero attached hydrogens (tertiary/aromatic N) is 2. The maximum atomic E-state index is 12.5. The highest BCUT2D eigenvalue weighted by atomic mass is 32.2. The fraction of sp³-hybridized carbons (Fsp3) is 0.600. The number of thioether (sulfide) groups is 1. The van der Waals surface area contributed by atoms with E-state index in [4.69, 9.17) is 4.74 Å². The summed E-state index contributed by atoms with van der Waals surface area (Å²) < 4.78 is 5.39. The first-order valence-corrected chi connectivity index (χ1v) is 8.03. The summed E-state index contributed by atoms with van der Waals surface area (Å²) in [5.41, 5.74) is 0. The van der Waals surface area contributed by atoms with Crippen molar-refractivity contribution in [3.8, 4) is 0 Å². The first-order chi connectivity index (χ1) is 9.70. The van der Waals surface area contributed by atoms with E-state index in [1.165, 1.54) is 11.8 Å². The predicted octanol–water partition coefficient (Wildman–Crippen LogP) is 2.45. The van der Waals surface area contributed by atoms with Crippen LogP contribution in [0.2, 0.25) is 0 Å². The van der Waals surface area contributed by atoms with E-state index in [1.54, 1.807) is 6.20 Å². The van der Waals surface area contributed by atoms with Gasteiger partial charge in [-0.15, -0.1) is 0 Å². The molecule has 2 heterocycles. The molecule has 1 aromatic heterocycles. The Morgan fingerprint density at radius 2 is 2.45 bits per heavy atom. The van der Waals surface area contributed by atoms with Gasteiger partial charge in [0.15, 0.2) is 0 Å². The number of ether oxygens (including phenoxy) is 1. The Balaban J connectivity index is 1.89. The van der Waals surface area contributed by atoms with Gasteiger partial charge in [0.05, 0.1) is 16.9 Å². The van der Waals surface area contributed by atoms with Gasteiger partial charge in [-0.3, -0.25) is 4.79 Å². The summed E-state index contributed by atoms with van der Waals surface area (Å²) in [7, 11) is 0. The molecule has 1 fully saturated rings. The van der Waals surface area contributed by atoms with E-state index < -0.39 is 0 Å². The van der Waals surface area contributed by atoms with Gasteiger partial charge in [0.25, 0.3) is 0 Å². The lowest BCUT2D eigenvalue weighted by Gasteiger charge is -2.26. The van der Waals surface area contributed by atoms with Crippen molar-refractivity contribution in [3.63, 3.8) is 0 Å². The van der Waals surface area contributed by atoms with Crippen molar-refractivity contribution in [1.82, 2.24) is 9.88 Å². The first kappa shape index (κ1) is 15.3. The zero-order valence-corrected chi connectivity index (χ0v) is 12.9. The van der Waals surface area contributed by atoms with Gasteiger partial charge in [-0.05, 0) is 32.4 Å². The van der Waals surface area contributed by atoms with E-state index in [-0.39, 0.29) is 11.2 Å². The van der Waals surface area contributed by atoms with Gasteiger partial charge >= 0.3 is 0 Å². The van der Waals surface area contributed by atoms with Gasteiger partial charge in [0, 0.05) is 31.8 Å². The number of carbonyl (C=O) groups excluding carboxylic acids is 1. The molecule has 0 saturated carbocycles. The Morgan fingerprint density at radius 1 is 1.60 bits per heavy atom. The summed E-state index contributed by atoms with van der Waals surface area (Å²) in [5, 5.41) is 0.792. The predicted molar refractivity (Wildman–Crippen MR) is 80.7 cm³/mol. The van der Waals surface area contributed by atoms with Crippen molar-refractivity contribution < 1.29 is 9.53 Å². The monoisotopic (exact) mass is 294 g/mol. The molecular formula is C15H22N2O2S. The van der Waals surface area contributed by atoms with Gasteiger partial charge < -0.3 is 9.64 Å². The summed E-state index contributed by atoms with van der Waals surface area (Å²) in [6, 6.07) is 5.77. The molecule has 1 aromatic rings. The highest BCUT2D eigenvalue weighted by molar-refractivity contribution is 8.00. The summed E-state index contributed by atoms with van der Waals surface area (Å²) in [6.45, 7) is 7.16. The minimum absolute atomic E-state index is 0.104. The van der Waals surface area contributed by atoms with Crippen molar-refractivity contribution in [1.29, 1.82) is 0 Å². The Labute approximate surface area is 124 Å². The second-order valence-corrected chi connectivity index (χ2v) is 6.40. The van der Waals surface area contributed by atoms with Gasteiger partial charge in [0.1, 0.15) is 0 Å². The molecule has 0 N–H and O–H groups in total. The fourth-order valence-electron chi connectivity index (χ4n) is 2.32. The number of amides is 1. The molecule has 0 radical (unpaired) electrons. The van der Waals surface area contributed by atoms with E-state index in [0.717, 1.165) is 37.8 Å². The smallest absolute Gasteiger partial charge is 0.235 e. The lowest BCUT2D eigenvalue weighted by atomic mass is 10.1. The third-order valence-electron chi connectivity index (χ3n) is 3.48. The molecule has 0 aromatic carbocycles. The van der Waals surface area contributed by atoms with Gasteiger partial charge in [0.2, 0.25) is 5.91 Å². The molecule has 4 nitrogen and oxygen atoms in total. The minimum Gasteiger partial charge on any atom is -0.381 e. The molecule has 1 saturated heterocycles. The van der Waals surface area contributed by atoms with Crippen LogP contribution in [0.5, 0.6) is 0 Å². The van der Waals surface area contributed by atoms with Crippen LogP contribution in [0.3, 0.4) is 0 Å². The summed E-state index contributed by atoms with van der Waals surface area (Å²) >= 11 is 1.52. The maximum absolute atomic E-state index is 12.5. The van der Waals surface area contributed by atoms with Crippen LogP contribution in [0.4, 0.5) is 0 Å². The van der Waals surface area contributed by atoms with Gasteiger partial charge in [-0.25, -0.2) is 4.98 Å². The second kappa shape index (κ2) is 7.64. The number of aromatic nitrogens is 1. The van der Waals surface area contributed by atoms with Crippen molar-refractivity contribution >= 4 is 17.7 Å². The lowest BCUT2D eigenvalue weighted by molar-refractivity contribution is -0.130. The summed E-state index contributed by atoms with van der Waals surface area (Å²) in [4.78, 5) is 18.7. The number of hydrogen-bond acceptors (Lipinski definition) is 4. The maximum Gasteiger partial charge on any atom is 0.235 e. The molecule has 0 spiro atoms. The molecule has 1 aliphatic heterocycles. The van der Waals surface area contributed by atoms with Crippen LogP contribution in [0.25, 0.3) is 0 Å². The topological polar surface area (TPSA) is 42.4 Å². The molecule has 1 amide bonds. The Morgan fingerprint density at radius 3 is 3.05 bits per heavy atom. The molecule has 20 heavy (non-hydrogen) atoms. The molecule has 0 bridgehead atoms. The van der Waals surface area contributed by atoms with Crippen LogP contribution >= 0.6 is 11.8 Å². The van der Waals surface area contributed by atoms with Crippen LogP contribution in [0, 0.1) is 5.92 Å². The van der Waals surface area contributed by atoms with E-state index in [1.807, 2.05) is 36.9 Å². The van der Waals surface area contributed by atoms with Crippen molar-refractivity contribution in [2.45, 2.75) is 30.5 Å². The normalized spacial score (nSPS) is 19.8. The van der Waals surface area contributed by atoms with Crippen LogP contribution in [0.1, 0.15) is 20.3 Å². The standard InChI is InChI=1S/C15H22N2O2S/c1-3-17(10-13-7-9-19-11-13)15(18)12(2)20-14-6-4-5-8-16-14/h4-6,8,12-13H,3,7,9-11H2,1-2H3/t12-,13+/m1/s1. The van der Waals surface area contributed by atoms with Crippen LogP contribution < -0.4 is 0 Å². The molecule has 1 aliphatic rings. The average Bonchev–Trinajstić information content (AvgIpc) is 2.98. The lowest BCUT2D eigenvalue weighted by Crippen LogP contribution is -2.39. The van der Waals surface area contributed by atoms with Crippen LogP contribution in [-0.4, -0.2) is 47.3 Å². The van der Waals surface area contributed by atoms with Crippen molar-refractivity contribution in [3.05, 3.63) is 24.4 Å². The molecule has 2 rings (SSSR count). The molecule has 110 valence electrons. The van der Waals surface area contributed by atoms with E-state index in [9.17, 15) is 4.79 Å². The largest absolute Gasteiger partial charge is 0.381 e. The number of hydrogen-bond donors (Lipinski definition) is 0. The van der Waals surface area contributed by atoms with Crippen molar-refractivity contribution in [2.24, 2.45) is 5.92 Å². The number of rotatable bonds is 6. The SMILES string of the molecule is CCN(C[C@@H]1CCOC1)C(=O)[C@@H](C)Sc1ccccn1. The third kappa shape index (κ3) is 4.21. The molecule has 2 atom stereocenters. The Hall–Kier alpha value is -1.07. The third-order valence-corrected chi connectivity index (χ3v) is 4.52. The molecule has 0 aliphatic carbocycles. The average molecular weight is 294 g/mol. The van der Waals surface area contributed by atoms with Crippen LogP contribution in [0.15, 0.2) is 29.4 Å². The van der Waals surface area contributed by atoms with Gasteiger partial charge in [-0.2, -0.15) is 0 Å². The highest BCUT2D eigenvalue weighted by Gasteiger charge is 2.25. The van der Waals surface area contributed by atoms with Crippen molar-refractivity contribution in [2.75, 3.05) is 26.3 Å².